The number of allylic oxidation sites excluding steroid dienone is 1. The Kier molecular flexibility index (Phi) is 7.06. The zero-order chi connectivity index (χ0) is 15.1. The topological polar surface area (TPSA) is 86.7 Å². The van der Waals surface area contributed by atoms with Crippen LogP contribution in [-0.4, -0.2) is 32.7 Å². The Hall–Kier alpha value is -1.63. The molecular weight excluding hydrogens is 272 g/mol. The van der Waals surface area contributed by atoms with Crippen LogP contribution in [0.25, 0.3) is 0 Å². The largest absolute Gasteiger partial charge is 0.461 e. The van der Waals surface area contributed by atoms with Crippen LogP contribution < -0.4 is 0 Å². The third-order valence-corrected chi connectivity index (χ3v) is 3.02. The van der Waals surface area contributed by atoms with E-state index in [-0.39, 0.29) is 12.2 Å². The molecule has 0 N–H and O–H groups in total. The number of esters is 1. The summed E-state index contributed by atoms with van der Waals surface area (Å²) in [5.74, 6) is -2.20. The lowest BCUT2D eigenvalue weighted by atomic mass is 10.2. The van der Waals surface area contributed by atoms with Gasteiger partial charge in [-0.05, 0) is 20.3 Å². The van der Waals surface area contributed by atoms with Crippen LogP contribution in [0.1, 0.15) is 27.2 Å². The molecule has 19 heavy (non-hydrogen) atoms. The second-order valence-corrected chi connectivity index (χ2v) is 5.53. The van der Waals surface area contributed by atoms with E-state index < -0.39 is 27.8 Å². The smallest absolute Gasteiger partial charge is 0.348 e. The molecule has 0 heterocycles. The fourth-order valence-electron chi connectivity index (χ4n) is 0.968. The molecule has 108 valence electrons. The van der Waals surface area contributed by atoms with Crippen LogP contribution in [0.3, 0.4) is 0 Å². The van der Waals surface area contributed by atoms with Crippen molar-refractivity contribution in [2.24, 2.45) is 0 Å². The average Bonchev–Trinajstić information content (AvgIpc) is 2.27. The molecule has 0 rings (SSSR count). The molecule has 0 aliphatic carbocycles. The molecule has 0 aromatic heterocycles. The molecule has 0 aromatic carbocycles. The normalized spacial score (nSPS) is 11.8. The third-order valence-electron chi connectivity index (χ3n) is 1.95. The quantitative estimate of drug-likeness (QED) is 0.399. The zero-order valence-corrected chi connectivity index (χ0v) is 12.1. The van der Waals surface area contributed by atoms with Gasteiger partial charge in [0, 0.05) is 11.1 Å². The van der Waals surface area contributed by atoms with E-state index in [1.807, 2.05) is 6.92 Å². The monoisotopic (exact) mass is 290 g/mol. The van der Waals surface area contributed by atoms with Crippen LogP contribution >= 0.6 is 0 Å². The number of hydrogen-bond donors (Lipinski definition) is 0. The molecule has 0 fully saturated rings. The minimum absolute atomic E-state index is 0.0257. The molecule has 6 nitrogen and oxygen atoms in total. The van der Waals surface area contributed by atoms with Gasteiger partial charge in [0.15, 0.2) is 0 Å². The Labute approximate surface area is 113 Å². The van der Waals surface area contributed by atoms with E-state index in [4.69, 9.17) is 4.74 Å². The molecule has 0 atom stereocenters. The molecule has 0 spiro atoms. The van der Waals surface area contributed by atoms with E-state index in [1.165, 1.54) is 6.92 Å². The summed E-state index contributed by atoms with van der Waals surface area (Å²) in [6.45, 7) is 7.64. The predicted molar refractivity (Wildman–Crippen MR) is 69.7 cm³/mol. The molecule has 0 saturated heterocycles. The highest BCUT2D eigenvalue weighted by Crippen LogP contribution is 2.02. The Morgan fingerprint density at radius 2 is 1.79 bits per heavy atom. The standard InChI is InChI=1S/C12H18O6S/c1-5-6-10(4)12(14)17-7-8-19(15,16)18-11(13)9(2)3/h6H,2,5,7-8H2,1,3-4H3. The van der Waals surface area contributed by atoms with Gasteiger partial charge in [0.2, 0.25) is 0 Å². The lowest BCUT2D eigenvalue weighted by Gasteiger charge is -2.06. The van der Waals surface area contributed by atoms with E-state index >= 15 is 0 Å². The van der Waals surface area contributed by atoms with Gasteiger partial charge in [0.25, 0.3) is 0 Å². The van der Waals surface area contributed by atoms with Crippen molar-refractivity contribution in [1.82, 2.24) is 0 Å². The third kappa shape index (κ3) is 7.40. The maximum absolute atomic E-state index is 11.3. The van der Waals surface area contributed by atoms with Gasteiger partial charge in [-0.1, -0.05) is 19.6 Å². The van der Waals surface area contributed by atoms with Gasteiger partial charge in [0.05, 0.1) is 0 Å². The highest BCUT2D eigenvalue weighted by Gasteiger charge is 2.18. The summed E-state index contributed by atoms with van der Waals surface area (Å²) < 4.78 is 31.6. The van der Waals surface area contributed by atoms with Crippen molar-refractivity contribution in [1.29, 1.82) is 0 Å². The number of rotatable bonds is 7. The summed E-state index contributed by atoms with van der Waals surface area (Å²) in [6, 6.07) is 0. The molecule has 0 aliphatic heterocycles. The van der Waals surface area contributed by atoms with Crippen molar-refractivity contribution in [2.75, 3.05) is 12.4 Å². The van der Waals surface area contributed by atoms with E-state index in [0.29, 0.717) is 12.0 Å². The van der Waals surface area contributed by atoms with Crippen molar-refractivity contribution in [3.8, 4) is 0 Å². The van der Waals surface area contributed by atoms with Crippen LogP contribution in [0.4, 0.5) is 0 Å². The van der Waals surface area contributed by atoms with Gasteiger partial charge in [-0.3, -0.25) is 0 Å². The highest BCUT2D eigenvalue weighted by atomic mass is 32.2. The van der Waals surface area contributed by atoms with Crippen molar-refractivity contribution >= 4 is 22.1 Å². The van der Waals surface area contributed by atoms with Gasteiger partial charge in [0.1, 0.15) is 12.4 Å². The van der Waals surface area contributed by atoms with E-state index in [1.54, 1.807) is 13.0 Å². The summed E-state index contributed by atoms with van der Waals surface area (Å²) in [5.41, 5.74) is 0.376. The second kappa shape index (κ2) is 7.73. The van der Waals surface area contributed by atoms with Crippen molar-refractivity contribution < 1.29 is 26.9 Å². The Balaban J connectivity index is 4.27. The first-order chi connectivity index (χ1) is 8.69. The van der Waals surface area contributed by atoms with Crippen LogP contribution in [-0.2, 0) is 28.6 Å². The lowest BCUT2D eigenvalue weighted by Crippen LogP contribution is -2.21. The van der Waals surface area contributed by atoms with E-state index in [0.717, 1.165) is 0 Å². The molecule has 0 unspecified atom stereocenters. The number of hydrogen-bond acceptors (Lipinski definition) is 6. The summed E-state index contributed by atoms with van der Waals surface area (Å²) in [7, 11) is -4.07. The average molecular weight is 290 g/mol. The van der Waals surface area contributed by atoms with E-state index in [2.05, 4.69) is 10.8 Å². The van der Waals surface area contributed by atoms with Gasteiger partial charge in [-0.2, -0.15) is 8.42 Å². The number of ether oxygens (including phenoxy) is 1. The number of carbonyl (C=O) groups excluding carboxylic acids is 2. The van der Waals surface area contributed by atoms with Crippen LogP contribution in [0.5, 0.6) is 0 Å². The first-order valence-electron chi connectivity index (χ1n) is 5.65. The minimum Gasteiger partial charge on any atom is -0.461 e. The summed E-state index contributed by atoms with van der Waals surface area (Å²) in [6.07, 6.45) is 2.34. The van der Waals surface area contributed by atoms with Crippen LogP contribution in [0.2, 0.25) is 0 Å². The van der Waals surface area contributed by atoms with Gasteiger partial charge >= 0.3 is 22.1 Å². The van der Waals surface area contributed by atoms with Gasteiger partial charge < -0.3 is 8.92 Å². The van der Waals surface area contributed by atoms with Crippen molar-refractivity contribution in [3.05, 3.63) is 23.8 Å². The lowest BCUT2D eigenvalue weighted by molar-refractivity contribution is -0.138. The zero-order valence-electron chi connectivity index (χ0n) is 11.3. The van der Waals surface area contributed by atoms with Gasteiger partial charge in [-0.15, -0.1) is 0 Å². The minimum atomic E-state index is -4.07. The predicted octanol–water partition coefficient (Wildman–Crippen LogP) is 1.33. The molecule has 0 aliphatic rings. The molecular formula is C12H18O6S. The molecule has 0 saturated carbocycles. The van der Waals surface area contributed by atoms with Crippen LogP contribution in [0, 0.1) is 0 Å². The Morgan fingerprint density at radius 3 is 2.26 bits per heavy atom. The maximum Gasteiger partial charge on any atom is 0.348 e. The molecule has 0 radical (unpaired) electrons. The fraction of sp³-hybridized carbons (Fsp3) is 0.500. The molecule has 0 amide bonds. The Bertz CT molecular complexity index is 486. The molecule has 0 aromatic rings. The van der Waals surface area contributed by atoms with Crippen molar-refractivity contribution in [2.45, 2.75) is 27.2 Å². The Morgan fingerprint density at radius 1 is 1.21 bits per heavy atom. The number of carbonyl (C=O) groups is 2. The highest BCUT2D eigenvalue weighted by molar-refractivity contribution is 7.87. The first-order valence-corrected chi connectivity index (χ1v) is 7.23. The molecule has 7 heteroatoms. The fourth-order valence-corrected chi connectivity index (χ4v) is 1.71. The van der Waals surface area contributed by atoms with Crippen LogP contribution in [0.15, 0.2) is 23.8 Å². The van der Waals surface area contributed by atoms with Crippen molar-refractivity contribution in [3.63, 3.8) is 0 Å². The SMILES string of the molecule is C=C(C)C(=O)OS(=O)(=O)CCOC(=O)C(C)=CCC. The van der Waals surface area contributed by atoms with E-state index in [9.17, 15) is 18.0 Å². The molecule has 0 bridgehead atoms. The summed E-state index contributed by atoms with van der Waals surface area (Å²) in [4.78, 5) is 22.4. The second-order valence-electron chi connectivity index (χ2n) is 3.84. The maximum atomic E-state index is 11.3. The summed E-state index contributed by atoms with van der Waals surface area (Å²) >= 11 is 0. The summed E-state index contributed by atoms with van der Waals surface area (Å²) in [5, 5.41) is 0. The van der Waals surface area contributed by atoms with Gasteiger partial charge in [-0.25, -0.2) is 9.59 Å². The first kappa shape index (κ1) is 17.4.